The summed E-state index contributed by atoms with van der Waals surface area (Å²) in [6.45, 7) is -1.12. The SMILES string of the molecule is O=C(COC(F)(F)S(=O)(=O)O)NC1CCCCC1. The van der Waals surface area contributed by atoms with E-state index in [-0.39, 0.29) is 6.04 Å². The highest BCUT2D eigenvalue weighted by molar-refractivity contribution is 7.86. The molecule has 0 aromatic carbocycles. The van der Waals surface area contributed by atoms with E-state index in [9.17, 15) is 22.0 Å². The Balaban J connectivity index is 2.37. The number of alkyl halides is 2. The van der Waals surface area contributed by atoms with Gasteiger partial charge in [0.1, 0.15) is 6.61 Å². The molecule has 0 bridgehead atoms. The van der Waals surface area contributed by atoms with Gasteiger partial charge in [-0.3, -0.25) is 14.1 Å². The zero-order chi connectivity index (χ0) is 13.8. The maximum Gasteiger partial charge on any atom is 0.488 e. The number of nitrogens with one attached hydrogen (secondary N) is 1. The predicted octanol–water partition coefficient (Wildman–Crippen LogP) is 0.890. The van der Waals surface area contributed by atoms with Crippen molar-refractivity contribution in [3.63, 3.8) is 0 Å². The largest absolute Gasteiger partial charge is 0.488 e. The molecule has 1 saturated carbocycles. The molecule has 1 rings (SSSR count). The van der Waals surface area contributed by atoms with Gasteiger partial charge in [-0.05, 0) is 12.8 Å². The van der Waals surface area contributed by atoms with E-state index in [2.05, 4.69) is 10.1 Å². The van der Waals surface area contributed by atoms with E-state index in [0.717, 1.165) is 32.1 Å². The summed E-state index contributed by atoms with van der Waals surface area (Å²) in [7, 11) is -5.67. The van der Waals surface area contributed by atoms with Crippen LogP contribution in [0, 0.1) is 0 Å². The molecule has 1 aliphatic rings. The van der Waals surface area contributed by atoms with Crippen molar-refractivity contribution in [2.75, 3.05) is 6.61 Å². The molecule has 2 N–H and O–H groups in total. The van der Waals surface area contributed by atoms with Crippen molar-refractivity contribution in [2.24, 2.45) is 0 Å². The molecule has 0 aromatic rings. The average Bonchev–Trinajstić information content (AvgIpc) is 2.26. The summed E-state index contributed by atoms with van der Waals surface area (Å²) in [4.78, 5) is 11.2. The molecule has 0 saturated heterocycles. The van der Waals surface area contributed by atoms with Crippen molar-refractivity contribution in [2.45, 2.75) is 43.6 Å². The summed E-state index contributed by atoms with van der Waals surface area (Å²) in [5.74, 6) is -0.828. The Morgan fingerprint density at radius 2 is 1.89 bits per heavy atom. The number of hydrogen-bond acceptors (Lipinski definition) is 4. The van der Waals surface area contributed by atoms with Crippen molar-refractivity contribution in [1.82, 2.24) is 5.32 Å². The molecule has 6 nitrogen and oxygen atoms in total. The third kappa shape index (κ3) is 4.46. The van der Waals surface area contributed by atoms with Crippen LogP contribution in [0.25, 0.3) is 0 Å². The molecular weight excluding hydrogens is 272 g/mol. The van der Waals surface area contributed by atoms with Gasteiger partial charge in [0.05, 0.1) is 0 Å². The highest BCUT2D eigenvalue weighted by Crippen LogP contribution is 2.22. The smallest absolute Gasteiger partial charge is 0.351 e. The van der Waals surface area contributed by atoms with Gasteiger partial charge >= 0.3 is 15.6 Å². The molecule has 1 aliphatic carbocycles. The first-order valence-electron chi connectivity index (χ1n) is 5.50. The van der Waals surface area contributed by atoms with E-state index in [1.54, 1.807) is 0 Å². The van der Waals surface area contributed by atoms with Crippen LogP contribution in [-0.4, -0.2) is 37.0 Å². The molecule has 0 spiro atoms. The Bertz CT molecular complexity index is 392. The Morgan fingerprint density at radius 3 is 2.39 bits per heavy atom. The number of carbonyl (C=O) groups excluding carboxylic acids is 1. The minimum absolute atomic E-state index is 0.0887. The molecule has 0 heterocycles. The molecule has 0 aliphatic heterocycles. The monoisotopic (exact) mass is 287 g/mol. The minimum atomic E-state index is -5.67. The lowest BCUT2D eigenvalue weighted by Gasteiger charge is -2.23. The van der Waals surface area contributed by atoms with Gasteiger partial charge in [0.25, 0.3) is 0 Å². The van der Waals surface area contributed by atoms with E-state index in [1.165, 1.54) is 0 Å². The second-order valence-electron chi connectivity index (χ2n) is 4.13. The van der Waals surface area contributed by atoms with Crippen LogP contribution in [0.5, 0.6) is 0 Å². The van der Waals surface area contributed by atoms with Crippen LogP contribution >= 0.6 is 0 Å². The quantitative estimate of drug-likeness (QED) is 0.733. The summed E-state index contributed by atoms with van der Waals surface area (Å²) in [5, 5.41) is 2.47. The number of rotatable bonds is 5. The van der Waals surface area contributed by atoms with Crippen molar-refractivity contribution in [1.29, 1.82) is 0 Å². The van der Waals surface area contributed by atoms with Gasteiger partial charge < -0.3 is 5.32 Å². The molecule has 9 heteroatoms. The molecule has 18 heavy (non-hydrogen) atoms. The van der Waals surface area contributed by atoms with Gasteiger partial charge in [0.15, 0.2) is 0 Å². The van der Waals surface area contributed by atoms with Crippen molar-refractivity contribution in [3.8, 4) is 0 Å². The lowest BCUT2D eigenvalue weighted by atomic mass is 9.95. The van der Waals surface area contributed by atoms with E-state index in [0.29, 0.717) is 0 Å². The van der Waals surface area contributed by atoms with Gasteiger partial charge in [0.2, 0.25) is 5.91 Å². The molecule has 0 atom stereocenters. The van der Waals surface area contributed by atoms with Crippen LogP contribution in [0.4, 0.5) is 8.78 Å². The molecule has 1 amide bonds. The Morgan fingerprint density at radius 1 is 1.33 bits per heavy atom. The molecule has 106 valence electrons. The van der Waals surface area contributed by atoms with Crippen LogP contribution in [0.15, 0.2) is 0 Å². The normalized spacial score (nSPS) is 18.6. The molecule has 1 fully saturated rings. The molecule has 0 radical (unpaired) electrons. The summed E-state index contributed by atoms with van der Waals surface area (Å²) in [6.07, 6.45) is 4.50. The van der Waals surface area contributed by atoms with Crippen LogP contribution < -0.4 is 5.32 Å². The number of halogens is 2. The second-order valence-corrected chi connectivity index (χ2v) is 5.55. The van der Waals surface area contributed by atoms with Crippen LogP contribution in [0.1, 0.15) is 32.1 Å². The van der Waals surface area contributed by atoms with E-state index in [1.807, 2.05) is 0 Å². The number of ether oxygens (including phenoxy) is 1. The summed E-state index contributed by atoms with van der Waals surface area (Å²) in [6, 6.07) is -0.0887. The van der Waals surface area contributed by atoms with Gasteiger partial charge in [-0.2, -0.15) is 17.2 Å². The number of amides is 1. The van der Waals surface area contributed by atoms with Gasteiger partial charge in [-0.25, -0.2) is 0 Å². The Hall–Kier alpha value is -0.800. The lowest BCUT2D eigenvalue weighted by molar-refractivity contribution is -0.180. The Labute approximate surface area is 103 Å². The Kier molecular flexibility index (Phi) is 5.00. The van der Waals surface area contributed by atoms with E-state index in [4.69, 9.17) is 4.55 Å². The number of hydrogen-bond donors (Lipinski definition) is 2. The highest BCUT2D eigenvalue weighted by atomic mass is 32.2. The van der Waals surface area contributed by atoms with Gasteiger partial charge in [0, 0.05) is 6.04 Å². The van der Waals surface area contributed by atoms with Crippen LogP contribution in [-0.2, 0) is 19.6 Å². The summed E-state index contributed by atoms with van der Waals surface area (Å²) < 4.78 is 57.4. The first-order valence-corrected chi connectivity index (χ1v) is 6.94. The van der Waals surface area contributed by atoms with E-state index >= 15 is 0 Å². The summed E-state index contributed by atoms with van der Waals surface area (Å²) in [5.41, 5.74) is -4.77. The van der Waals surface area contributed by atoms with Crippen LogP contribution in [0.3, 0.4) is 0 Å². The van der Waals surface area contributed by atoms with Crippen molar-refractivity contribution in [3.05, 3.63) is 0 Å². The maximum absolute atomic E-state index is 12.6. The standard InChI is InChI=1S/C9H15F2NO5S/c10-9(11,18(14,15)16)17-6-8(13)12-7-4-2-1-3-5-7/h7H,1-6H2,(H,12,13)(H,14,15,16). The van der Waals surface area contributed by atoms with Crippen molar-refractivity contribution >= 4 is 16.0 Å². The number of carbonyl (C=O) groups is 1. The first kappa shape index (κ1) is 15.3. The minimum Gasteiger partial charge on any atom is -0.351 e. The zero-order valence-electron chi connectivity index (χ0n) is 9.56. The third-order valence-electron chi connectivity index (χ3n) is 2.64. The fourth-order valence-corrected chi connectivity index (χ4v) is 1.95. The molecular formula is C9H15F2NO5S. The topological polar surface area (TPSA) is 92.7 Å². The van der Waals surface area contributed by atoms with Crippen LogP contribution in [0.2, 0.25) is 0 Å². The fourth-order valence-electron chi connectivity index (χ4n) is 1.74. The third-order valence-corrected chi connectivity index (χ3v) is 3.36. The van der Waals surface area contributed by atoms with Crippen molar-refractivity contribution < 1.29 is 31.3 Å². The summed E-state index contributed by atoms with van der Waals surface area (Å²) >= 11 is 0. The highest BCUT2D eigenvalue weighted by Gasteiger charge is 2.46. The fraction of sp³-hybridized carbons (Fsp3) is 0.889. The second kappa shape index (κ2) is 5.89. The average molecular weight is 287 g/mol. The van der Waals surface area contributed by atoms with Gasteiger partial charge in [-0.1, -0.05) is 19.3 Å². The lowest BCUT2D eigenvalue weighted by Crippen LogP contribution is -2.41. The first-order chi connectivity index (χ1) is 8.22. The predicted molar refractivity (Wildman–Crippen MR) is 57.5 cm³/mol. The maximum atomic E-state index is 12.6. The van der Waals surface area contributed by atoms with Gasteiger partial charge in [-0.15, -0.1) is 0 Å². The molecule has 0 unspecified atom stereocenters. The molecule has 0 aromatic heterocycles. The van der Waals surface area contributed by atoms with E-state index < -0.39 is 28.1 Å². The zero-order valence-corrected chi connectivity index (χ0v) is 10.4.